The van der Waals surface area contributed by atoms with Crippen LogP contribution in [-0.4, -0.2) is 29.4 Å². The lowest BCUT2D eigenvalue weighted by Crippen LogP contribution is -2.44. The first-order chi connectivity index (χ1) is 13.3. The molecule has 162 valence electrons. The Kier molecular flexibility index (Phi) is 9.26. The summed E-state index contributed by atoms with van der Waals surface area (Å²) in [5.74, 6) is -1.84. The molecule has 1 aromatic rings. The normalized spacial score (nSPS) is 13.6. The van der Waals surface area contributed by atoms with E-state index in [-0.39, 0.29) is 23.8 Å². The van der Waals surface area contributed by atoms with Crippen LogP contribution >= 0.6 is 15.9 Å². The number of hydrogen-bond donors (Lipinski definition) is 2. The highest BCUT2D eigenvalue weighted by Crippen LogP contribution is 2.20. The van der Waals surface area contributed by atoms with Gasteiger partial charge in [-0.1, -0.05) is 36.7 Å². The Balaban J connectivity index is 2.78. The highest BCUT2D eigenvalue weighted by atomic mass is 79.9. The quantitative estimate of drug-likeness (QED) is 0.517. The maximum Gasteiger partial charge on any atom is 0.319 e. The molecular formula is C21H30BrFN2O4. The van der Waals surface area contributed by atoms with E-state index in [9.17, 15) is 18.8 Å². The van der Waals surface area contributed by atoms with Crippen LogP contribution in [0.2, 0.25) is 0 Å². The Hall–Kier alpha value is -1.96. The van der Waals surface area contributed by atoms with Crippen molar-refractivity contribution in [2.75, 3.05) is 5.32 Å². The van der Waals surface area contributed by atoms with Crippen molar-refractivity contribution in [2.24, 2.45) is 11.8 Å². The summed E-state index contributed by atoms with van der Waals surface area (Å²) in [6.07, 6.45) is 0.343. The largest absolute Gasteiger partial charge is 0.460 e. The second-order valence-electron chi connectivity index (χ2n) is 8.51. The third-order valence-corrected chi connectivity index (χ3v) is 4.39. The van der Waals surface area contributed by atoms with Crippen LogP contribution in [0.3, 0.4) is 0 Å². The van der Waals surface area contributed by atoms with E-state index in [4.69, 9.17) is 4.74 Å². The van der Waals surface area contributed by atoms with Crippen LogP contribution in [0.15, 0.2) is 22.7 Å². The van der Waals surface area contributed by atoms with Gasteiger partial charge in [-0.15, -0.1) is 0 Å². The molecule has 1 rings (SSSR count). The standard InChI is InChI=1S/C21H30BrFN2O4/c1-12(2)9-17(18(26)10-13(3)19(27)29-21(4,5)6)25-20(28)24-16-8-7-14(22)11-15(16)23/h7-8,11-13,17H,9-10H2,1-6H3,(H2,24,25,28)/t13-,17+/m1/s1. The number of ether oxygens (including phenoxy) is 1. The van der Waals surface area contributed by atoms with Crippen molar-refractivity contribution in [3.05, 3.63) is 28.5 Å². The van der Waals surface area contributed by atoms with Gasteiger partial charge in [-0.3, -0.25) is 9.59 Å². The maximum atomic E-state index is 13.9. The molecule has 2 N–H and O–H groups in total. The minimum Gasteiger partial charge on any atom is -0.460 e. The molecule has 1 aromatic carbocycles. The first-order valence-electron chi connectivity index (χ1n) is 9.56. The third-order valence-electron chi connectivity index (χ3n) is 3.90. The molecule has 2 amide bonds. The van der Waals surface area contributed by atoms with Crippen LogP contribution in [0.4, 0.5) is 14.9 Å². The van der Waals surface area contributed by atoms with Crippen LogP contribution in [-0.2, 0) is 14.3 Å². The van der Waals surface area contributed by atoms with Crippen LogP contribution in [0, 0.1) is 17.7 Å². The summed E-state index contributed by atoms with van der Waals surface area (Å²) >= 11 is 3.15. The van der Waals surface area contributed by atoms with Crippen molar-refractivity contribution < 1.29 is 23.5 Å². The molecule has 0 bridgehead atoms. The second-order valence-corrected chi connectivity index (χ2v) is 9.43. The van der Waals surface area contributed by atoms with E-state index < -0.39 is 35.4 Å². The van der Waals surface area contributed by atoms with Gasteiger partial charge in [0.1, 0.15) is 11.4 Å². The Labute approximate surface area is 180 Å². The van der Waals surface area contributed by atoms with Crippen molar-refractivity contribution >= 4 is 39.4 Å². The van der Waals surface area contributed by atoms with Crippen molar-refractivity contribution in [3.63, 3.8) is 0 Å². The zero-order valence-electron chi connectivity index (χ0n) is 17.8. The number of carbonyl (C=O) groups is 3. The van der Waals surface area contributed by atoms with Gasteiger partial charge in [-0.2, -0.15) is 0 Å². The number of halogens is 2. The lowest BCUT2D eigenvalue weighted by Gasteiger charge is -2.24. The first-order valence-corrected chi connectivity index (χ1v) is 10.4. The summed E-state index contributed by atoms with van der Waals surface area (Å²) in [5.41, 5.74) is -0.637. The Morgan fingerprint density at radius 2 is 1.79 bits per heavy atom. The third kappa shape index (κ3) is 9.39. The molecule has 8 heteroatoms. The van der Waals surface area contributed by atoms with E-state index in [0.717, 1.165) is 0 Å². The Morgan fingerprint density at radius 1 is 1.17 bits per heavy atom. The van der Waals surface area contributed by atoms with Gasteiger partial charge in [0.2, 0.25) is 0 Å². The van der Waals surface area contributed by atoms with Gasteiger partial charge in [0, 0.05) is 10.9 Å². The van der Waals surface area contributed by atoms with Gasteiger partial charge < -0.3 is 15.4 Å². The summed E-state index contributed by atoms with van der Waals surface area (Å²) in [7, 11) is 0. The monoisotopic (exact) mass is 472 g/mol. The van der Waals surface area contributed by atoms with Crippen LogP contribution in [0.5, 0.6) is 0 Å². The predicted octanol–water partition coefficient (Wildman–Crippen LogP) is 5.06. The van der Waals surface area contributed by atoms with Crippen molar-refractivity contribution in [1.82, 2.24) is 5.32 Å². The fourth-order valence-corrected chi connectivity index (χ4v) is 2.91. The molecule has 0 saturated heterocycles. The average molecular weight is 473 g/mol. The number of hydrogen-bond acceptors (Lipinski definition) is 4. The zero-order chi connectivity index (χ0) is 22.4. The van der Waals surface area contributed by atoms with Crippen molar-refractivity contribution in [1.29, 1.82) is 0 Å². The summed E-state index contributed by atoms with van der Waals surface area (Å²) < 4.78 is 19.8. The van der Waals surface area contributed by atoms with E-state index in [1.165, 1.54) is 12.1 Å². The summed E-state index contributed by atoms with van der Waals surface area (Å²) in [6, 6.07) is 2.77. The number of ketones is 1. The number of amides is 2. The lowest BCUT2D eigenvalue weighted by atomic mass is 9.94. The van der Waals surface area contributed by atoms with E-state index in [1.807, 2.05) is 13.8 Å². The number of urea groups is 1. The first kappa shape index (κ1) is 25.1. The number of carbonyl (C=O) groups excluding carboxylic acids is 3. The van der Waals surface area contributed by atoms with Crippen molar-refractivity contribution in [3.8, 4) is 0 Å². The molecular weight excluding hydrogens is 443 g/mol. The SMILES string of the molecule is CC(C)C[C@H](NC(=O)Nc1ccc(Br)cc1F)C(=O)C[C@@H](C)C(=O)OC(C)(C)C. The van der Waals surface area contributed by atoms with Gasteiger partial charge in [0.05, 0.1) is 17.6 Å². The fourth-order valence-electron chi connectivity index (χ4n) is 2.58. The van der Waals surface area contributed by atoms with Crippen LogP contribution < -0.4 is 10.6 Å². The molecule has 0 heterocycles. The number of esters is 1. The molecule has 2 atom stereocenters. The second kappa shape index (κ2) is 10.7. The van der Waals surface area contributed by atoms with E-state index in [1.54, 1.807) is 33.8 Å². The molecule has 0 aliphatic carbocycles. The average Bonchev–Trinajstić information content (AvgIpc) is 2.54. The van der Waals surface area contributed by atoms with Crippen LogP contribution in [0.25, 0.3) is 0 Å². The zero-order valence-corrected chi connectivity index (χ0v) is 19.4. The molecule has 0 aliphatic rings. The predicted molar refractivity (Wildman–Crippen MR) is 114 cm³/mol. The summed E-state index contributed by atoms with van der Waals surface area (Å²) in [5, 5.41) is 5.01. The molecule has 0 radical (unpaired) electrons. The number of rotatable bonds is 8. The molecule has 6 nitrogen and oxygen atoms in total. The highest BCUT2D eigenvalue weighted by Gasteiger charge is 2.28. The molecule has 0 aromatic heterocycles. The molecule has 29 heavy (non-hydrogen) atoms. The van der Waals surface area contributed by atoms with Gasteiger partial charge in [0.25, 0.3) is 0 Å². The fraction of sp³-hybridized carbons (Fsp3) is 0.571. The van der Waals surface area contributed by atoms with Gasteiger partial charge in [0.15, 0.2) is 5.78 Å². The lowest BCUT2D eigenvalue weighted by molar-refractivity contribution is -0.160. The van der Waals surface area contributed by atoms with E-state index in [2.05, 4.69) is 26.6 Å². The van der Waals surface area contributed by atoms with Crippen LogP contribution in [0.1, 0.15) is 54.4 Å². The number of anilines is 1. The Bertz CT molecular complexity index is 747. The summed E-state index contributed by atoms with van der Waals surface area (Å²) in [4.78, 5) is 37.2. The highest BCUT2D eigenvalue weighted by molar-refractivity contribution is 9.10. The number of nitrogens with one attached hydrogen (secondary N) is 2. The molecule has 0 saturated carbocycles. The minimum absolute atomic E-state index is 0.00330. The minimum atomic E-state index is -0.793. The number of Topliss-reactive ketones (excluding diaryl/α,β-unsaturated/α-hetero) is 1. The van der Waals surface area contributed by atoms with Gasteiger partial charge in [-0.05, 0) is 51.3 Å². The van der Waals surface area contributed by atoms with Crippen molar-refractivity contribution in [2.45, 2.75) is 66.0 Å². The molecule has 0 aliphatic heterocycles. The molecule has 0 spiro atoms. The maximum absolute atomic E-state index is 13.9. The van der Waals surface area contributed by atoms with E-state index in [0.29, 0.717) is 10.9 Å². The Morgan fingerprint density at radius 3 is 2.31 bits per heavy atom. The molecule has 0 unspecified atom stereocenters. The van der Waals surface area contributed by atoms with Gasteiger partial charge in [-0.25, -0.2) is 9.18 Å². The molecule has 0 fully saturated rings. The van der Waals surface area contributed by atoms with Gasteiger partial charge >= 0.3 is 12.0 Å². The number of benzene rings is 1. The smallest absolute Gasteiger partial charge is 0.319 e. The van der Waals surface area contributed by atoms with E-state index >= 15 is 0 Å². The topological polar surface area (TPSA) is 84.5 Å². The summed E-state index contributed by atoms with van der Waals surface area (Å²) in [6.45, 7) is 10.7.